The highest BCUT2D eigenvalue weighted by molar-refractivity contribution is 7.99. The Morgan fingerprint density at radius 3 is 2.79 bits per heavy atom. The molecule has 0 aromatic heterocycles. The SMILES string of the molecule is CCSCCCC(=O)N1CCOCC1. The molecule has 1 heterocycles. The van der Waals surface area contributed by atoms with E-state index in [1.165, 1.54) is 0 Å². The van der Waals surface area contributed by atoms with E-state index in [1.807, 2.05) is 16.7 Å². The van der Waals surface area contributed by atoms with Gasteiger partial charge in [-0.1, -0.05) is 6.92 Å². The van der Waals surface area contributed by atoms with E-state index in [2.05, 4.69) is 6.92 Å². The molecule has 3 nitrogen and oxygen atoms in total. The predicted octanol–water partition coefficient (Wildman–Crippen LogP) is 1.38. The lowest BCUT2D eigenvalue weighted by Gasteiger charge is -2.26. The van der Waals surface area contributed by atoms with E-state index >= 15 is 0 Å². The molecule has 0 aliphatic carbocycles. The molecule has 1 aliphatic heterocycles. The first-order chi connectivity index (χ1) is 6.84. The van der Waals surface area contributed by atoms with Crippen LogP contribution in [0.4, 0.5) is 0 Å². The summed E-state index contributed by atoms with van der Waals surface area (Å²) in [4.78, 5) is 13.5. The van der Waals surface area contributed by atoms with Crippen LogP contribution in [0.2, 0.25) is 0 Å². The Balaban J connectivity index is 2.07. The molecule has 4 heteroatoms. The van der Waals surface area contributed by atoms with Crippen molar-refractivity contribution in [3.05, 3.63) is 0 Å². The number of morpholine rings is 1. The van der Waals surface area contributed by atoms with Gasteiger partial charge < -0.3 is 9.64 Å². The number of ether oxygens (including phenoxy) is 1. The fourth-order valence-corrected chi connectivity index (χ4v) is 2.08. The molecule has 0 N–H and O–H groups in total. The van der Waals surface area contributed by atoms with Crippen LogP contribution >= 0.6 is 11.8 Å². The Labute approximate surface area is 90.2 Å². The van der Waals surface area contributed by atoms with Crippen LogP contribution in [0.25, 0.3) is 0 Å². The molecule has 1 aliphatic rings. The number of thioether (sulfide) groups is 1. The van der Waals surface area contributed by atoms with E-state index in [1.54, 1.807) is 0 Å². The summed E-state index contributed by atoms with van der Waals surface area (Å²) in [5.41, 5.74) is 0. The summed E-state index contributed by atoms with van der Waals surface area (Å²) in [6.45, 7) is 5.11. The fourth-order valence-electron chi connectivity index (χ4n) is 1.44. The Hall–Kier alpha value is -0.220. The molecule has 0 atom stereocenters. The molecule has 1 rings (SSSR count). The summed E-state index contributed by atoms with van der Waals surface area (Å²) in [5, 5.41) is 0. The monoisotopic (exact) mass is 217 g/mol. The number of nitrogens with zero attached hydrogens (tertiary/aromatic N) is 1. The Bertz CT molecular complexity index is 170. The maximum absolute atomic E-state index is 11.6. The molecule has 82 valence electrons. The first-order valence-corrected chi connectivity index (χ1v) is 6.43. The molecular formula is C10H19NO2S. The number of carbonyl (C=O) groups is 1. The highest BCUT2D eigenvalue weighted by Gasteiger charge is 2.15. The van der Waals surface area contributed by atoms with Crippen molar-refractivity contribution in [2.45, 2.75) is 19.8 Å². The molecule has 0 aromatic rings. The standard InChI is InChI=1S/C10H19NO2S/c1-2-14-9-3-4-10(12)11-5-7-13-8-6-11/h2-9H2,1H3. The van der Waals surface area contributed by atoms with E-state index in [9.17, 15) is 4.79 Å². The molecule has 0 unspecified atom stereocenters. The van der Waals surface area contributed by atoms with Gasteiger partial charge in [-0.05, 0) is 17.9 Å². The molecule has 1 saturated heterocycles. The average Bonchev–Trinajstić information content (AvgIpc) is 2.25. The van der Waals surface area contributed by atoms with Gasteiger partial charge in [-0.3, -0.25) is 4.79 Å². The first-order valence-electron chi connectivity index (χ1n) is 5.28. The van der Waals surface area contributed by atoms with Crippen LogP contribution in [-0.2, 0) is 9.53 Å². The second kappa shape index (κ2) is 7.12. The summed E-state index contributed by atoms with van der Waals surface area (Å²) < 4.78 is 5.19. The Morgan fingerprint density at radius 2 is 2.14 bits per heavy atom. The zero-order valence-electron chi connectivity index (χ0n) is 8.83. The summed E-state index contributed by atoms with van der Waals surface area (Å²) in [6, 6.07) is 0. The van der Waals surface area contributed by atoms with Crippen LogP contribution in [0.1, 0.15) is 19.8 Å². The van der Waals surface area contributed by atoms with Crippen LogP contribution in [0.3, 0.4) is 0 Å². The number of hydrogen-bond acceptors (Lipinski definition) is 3. The molecule has 0 saturated carbocycles. The minimum Gasteiger partial charge on any atom is -0.378 e. The average molecular weight is 217 g/mol. The van der Waals surface area contributed by atoms with Crippen molar-refractivity contribution in [2.24, 2.45) is 0 Å². The second-order valence-corrected chi connectivity index (χ2v) is 4.69. The first kappa shape index (κ1) is 11.9. The van der Waals surface area contributed by atoms with Crippen LogP contribution < -0.4 is 0 Å². The molecule has 0 radical (unpaired) electrons. The third-order valence-corrected chi connectivity index (χ3v) is 3.23. The van der Waals surface area contributed by atoms with Crippen molar-refractivity contribution in [1.82, 2.24) is 4.90 Å². The Kier molecular flexibility index (Phi) is 6.03. The van der Waals surface area contributed by atoms with Crippen LogP contribution in [0.5, 0.6) is 0 Å². The van der Waals surface area contributed by atoms with Crippen LogP contribution in [0, 0.1) is 0 Å². The van der Waals surface area contributed by atoms with Crippen molar-refractivity contribution in [1.29, 1.82) is 0 Å². The van der Waals surface area contributed by atoms with E-state index in [0.717, 1.165) is 31.0 Å². The van der Waals surface area contributed by atoms with E-state index in [4.69, 9.17) is 4.74 Å². The molecule has 0 spiro atoms. The summed E-state index contributed by atoms with van der Waals surface area (Å²) >= 11 is 1.90. The highest BCUT2D eigenvalue weighted by Crippen LogP contribution is 2.06. The van der Waals surface area contributed by atoms with Gasteiger partial charge in [-0.2, -0.15) is 11.8 Å². The maximum atomic E-state index is 11.6. The normalized spacial score (nSPS) is 17.1. The zero-order chi connectivity index (χ0) is 10.2. The molecular weight excluding hydrogens is 198 g/mol. The summed E-state index contributed by atoms with van der Waals surface area (Å²) in [7, 11) is 0. The lowest BCUT2D eigenvalue weighted by atomic mass is 10.3. The van der Waals surface area contributed by atoms with Crippen LogP contribution in [0.15, 0.2) is 0 Å². The maximum Gasteiger partial charge on any atom is 0.222 e. The van der Waals surface area contributed by atoms with Crippen molar-refractivity contribution in [3.63, 3.8) is 0 Å². The van der Waals surface area contributed by atoms with Gasteiger partial charge in [0.25, 0.3) is 0 Å². The van der Waals surface area contributed by atoms with Gasteiger partial charge >= 0.3 is 0 Å². The smallest absolute Gasteiger partial charge is 0.222 e. The van der Waals surface area contributed by atoms with E-state index < -0.39 is 0 Å². The second-order valence-electron chi connectivity index (χ2n) is 3.29. The van der Waals surface area contributed by atoms with Gasteiger partial charge in [0, 0.05) is 19.5 Å². The largest absolute Gasteiger partial charge is 0.378 e. The van der Waals surface area contributed by atoms with Gasteiger partial charge in [0.05, 0.1) is 13.2 Å². The van der Waals surface area contributed by atoms with Gasteiger partial charge in [-0.25, -0.2) is 0 Å². The molecule has 14 heavy (non-hydrogen) atoms. The minimum atomic E-state index is 0.296. The lowest BCUT2D eigenvalue weighted by molar-refractivity contribution is -0.135. The molecule has 1 amide bonds. The third kappa shape index (κ3) is 4.33. The van der Waals surface area contributed by atoms with E-state index in [0.29, 0.717) is 25.5 Å². The van der Waals surface area contributed by atoms with Gasteiger partial charge in [0.15, 0.2) is 0 Å². The molecule has 0 aromatic carbocycles. The number of amides is 1. The Morgan fingerprint density at radius 1 is 1.43 bits per heavy atom. The fraction of sp³-hybridized carbons (Fsp3) is 0.900. The zero-order valence-corrected chi connectivity index (χ0v) is 9.65. The summed E-state index contributed by atoms with van der Waals surface area (Å²) in [6.07, 6.45) is 1.71. The van der Waals surface area contributed by atoms with Crippen molar-refractivity contribution < 1.29 is 9.53 Å². The highest BCUT2D eigenvalue weighted by atomic mass is 32.2. The van der Waals surface area contributed by atoms with Crippen LogP contribution in [-0.4, -0.2) is 48.6 Å². The molecule has 1 fully saturated rings. The third-order valence-electron chi connectivity index (χ3n) is 2.25. The van der Waals surface area contributed by atoms with E-state index in [-0.39, 0.29) is 0 Å². The number of carbonyl (C=O) groups excluding carboxylic acids is 1. The van der Waals surface area contributed by atoms with Crippen molar-refractivity contribution in [2.75, 3.05) is 37.8 Å². The van der Waals surface area contributed by atoms with Gasteiger partial charge in [-0.15, -0.1) is 0 Å². The minimum absolute atomic E-state index is 0.296. The predicted molar refractivity (Wildman–Crippen MR) is 59.6 cm³/mol. The number of rotatable bonds is 5. The van der Waals surface area contributed by atoms with Gasteiger partial charge in [0.2, 0.25) is 5.91 Å². The van der Waals surface area contributed by atoms with Gasteiger partial charge in [0.1, 0.15) is 0 Å². The lowest BCUT2D eigenvalue weighted by Crippen LogP contribution is -2.40. The number of hydrogen-bond donors (Lipinski definition) is 0. The quantitative estimate of drug-likeness (QED) is 0.652. The topological polar surface area (TPSA) is 29.5 Å². The molecule has 0 bridgehead atoms. The van der Waals surface area contributed by atoms with Crippen molar-refractivity contribution >= 4 is 17.7 Å². The van der Waals surface area contributed by atoms with Crippen molar-refractivity contribution in [3.8, 4) is 0 Å². The summed E-state index contributed by atoms with van der Waals surface area (Å²) in [5.74, 6) is 2.54.